The molecule has 3 rings (SSSR count). The van der Waals surface area contributed by atoms with Crippen molar-refractivity contribution < 1.29 is 14.0 Å². The smallest absolute Gasteiger partial charge is 0.230 e. The predicted octanol–water partition coefficient (Wildman–Crippen LogP) is 2.42. The van der Waals surface area contributed by atoms with E-state index in [9.17, 15) is 9.50 Å². The van der Waals surface area contributed by atoms with Crippen LogP contribution in [0.1, 0.15) is 30.2 Å². The highest BCUT2D eigenvalue weighted by atomic mass is 19.1. The highest BCUT2D eigenvalue weighted by molar-refractivity contribution is 5.59. The van der Waals surface area contributed by atoms with E-state index in [2.05, 4.69) is 10.1 Å². The summed E-state index contributed by atoms with van der Waals surface area (Å²) < 4.78 is 18.2. The standard InChI is InChI=1S/C13H13FN2O2/c1-7-4-9(14)2-3-11(7)12-15-13(18-16-12)8-5-10(17)6-8/h2-4,8,10,17H,5-6H2,1H3. The maximum absolute atomic E-state index is 13.0. The quantitative estimate of drug-likeness (QED) is 0.886. The van der Waals surface area contributed by atoms with Gasteiger partial charge >= 0.3 is 0 Å². The number of aryl methyl sites for hydroxylation is 1. The van der Waals surface area contributed by atoms with E-state index in [1.807, 2.05) is 6.92 Å². The Bertz CT molecular complexity index is 576. The van der Waals surface area contributed by atoms with Crippen LogP contribution in [0.4, 0.5) is 4.39 Å². The Hall–Kier alpha value is -1.75. The SMILES string of the molecule is Cc1cc(F)ccc1-c1noc(C2CC(O)C2)n1. The van der Waals surface area contributed by atoms with Crippen LogP contribution in [-0.4, -0.2) is 21.4 Å². The number of hydrogen-bond donors (Lipinski definition) is 1. The molecule has 0 atom stereocenters. The van der Waals surface area contributed by atoms with Crippen molar-refractivity contribution in [1.82, 2.24) is 10.1 Å². The predicted molar refractivity (Wildman–Crippen MR) is 62.4 cm³/mol. The van der Waals surface area contributed by atoms with Gasteiger partial charge in [0.15, 0.2) is 0 Å². The molecule has 0 spiro atoms. The Kier molecular flexibility index (Phi) is 2.63. The molecule has 0 unspecified atom stereocenters. The third kappa shape index (κ3) is 1.90. The second kappa shape index (κ2) is 4.17. The maximum Gasteiger partial charge on any atom is 0.230 e. The highest BCUT2D eigenvalue weighted by Crippen LogP contribution is 2.36. The molecule has 18 heavy (non-hydrogen) atoms. The van der Waals surface area contributed by atoms with Crippen LogP contribution in [0.2, 0.25) is 0 Å². The zero-order chi connectivity index (χ0) is 12.7. The summed E-state index contributed by atoms with van der Waals surface area (Å²) in [5.41, 5.74) is 1.54. The zero-order valence-electron chi connectivity index (χ0n) is 9.93. The average Bonchev–Trinajstić information content (AvgIpc) is 2.73. The van der Waals surface area contributed by atoms with Crippen molar-refractivity contribution in [2.45, 2.75) is 31.8 Å². The largest absolute Gasteiger partial charge is 0.393 e. The molecule has 1 aliphatic rings. The van der Waals surface area contributed by atoms with E-state index in [1.54, 1.807) is 6.07 Å². The Morgan fingerprint density at radius 1 is 1.39 bits per heavy atom. The molecule has 0 aliphatic heterocycles. The first-order valence-corrected chi connectivity index (χ1v) is 5.91. The van der Waals surface area contributed by atoms with E-state index in [4.69, 9.17) is 4.52 Å². The normalized spacial score (nSPS) is 22.8. The van der Waals surface area contributed by atoms with Gasteiger partial charge in [-0.1, -0.05) is 5.16 Å². The number of rotatable bonds is 2. The van der Waals surface area contributed by atoms with Crippen LogP contribution in [-0.2, 0) is 0 Å². The van der Waals surface area contributed by atoms with Crippen LogP contribution in [0.3, 0.4) is 0 Å². The minimum Gasteiger partial charge on any atom is -0.393 e. The molecule has 0 amide bonds. The van der Waals surface area contributed by atoms with E-state index >= 15 is 0 Å². The molecule has 1 heterocycles. The summed E-state index contributed by atoms with van der Waals surface area (Å²) >= 11 is 0. The highest BCUT2D eigenvalue weighted by Gasteiger charge is 2.33. The van der Waals surface area contributed by atoms with Gasteiger partial charge in [-0.3, -0.25) is 0 Å². The Labute approximate surface area is 103 Å². The van der Waals surface area contributed by atoms with Crippen molar-refractivity contribution in [1.29, 1.82) is 0 Å². The molecule has 94 valence electrons. The van der Waals surface area contributed by atoms with Crippen LogP contribution in [0.5, 0.6) is 0 Å². The van der Waals surface area contributed by atoms with Gasteiger partial charge in [0.05, 0.1) is 6.10 Å². The van der Waals surface area contributed by atoms with Crippen LogP contribution < -0.4 is 0 Å². The second-order valence-electron chi connectivity index (χ2n) is 4.74. The molecule has 0 saturated heterocycles. The molecule has 0 bridgehead atoms. The summed E-state index contributed by atoms with van der Waals surface area (Å²) in [6.07, 6.45) is 1.09. The number of hydrogen-bond acceptors (Lipinski definition) is 4. The first kappa shape index (κ1) is 11.3. The van der Waals surface area contributed by atoms with Gasteiger partial charge in [-0.25, -0.2) is 4.39 Å². The zero-order valence-corrected chi connectivity index (χ0v) is 9.93. The summed E-state index contributed by atoms with van der Waals surface area (Å²) in [5.74, 6) is 0.909. The summed E-state index contributed by atoms with van der Waals surface area (Å²) in [5, 5.41) is 13.2. The van der Waals surface area contributed by atoms with E-state index < -0.39 is 0 Å². The Balaban J connectivity index is 1.88. The maximum atomic E-state index is 13.0. The van der Waals surface area contributed by atoms with Crippen molar-refractivity contribution in [2.24, 2.45) is 0 Å². The Morgan fingerprint density at radius 2 is 2.17 bits per heavy atom. The van der Waals surface area contributed by atoms with Crippen LogP contribution in [0.25, 0.3) is 11.4 Å². The fraction of sp³-hybridized carbons (Fsp3) is 0.385. The summed E-state index contributed by atoms with van der Waals surface area (Å²) in [4.78, 5) is 4.32. The summed E-state index contributed by atoms with van der Waals surface area (Å²) in [7, 11) is 0. The molecule has 1 N–H and O–H groups in total. The molecule has 4 nitrogen and oxygen atoms in total. The van der Waals surface area contributed by atoms with Crippen LogP contribution in [0, 0.1) is 12.7 Å². The first-order valence-electron chi connectivity index (χ1n) is 5.91. The van der Waals surface area contributed by atoms with Gasteiger partial charge in [-0.2, -0.15) is 4.98 Å². The minimum absolute atomic E-state index is 0.155. The van der Waals surface area contributed by atoms with Gasteiger partial charge in [0, 0.05) is 11.5 Å². The van der Waals surface area contributed by atoms with Crippen LogP contribution >= 0.6 is 0 Å². The molecular formula is C13H13FN2O2. The molecule has 1 saturated carbocycles. The van der Waals surface area contributed by atoms with E-state index in [-0.39, 0.29) is 17.8 Å². The third-order valence-corrected chi connectivity index (χ3v) is 3.33. The van der Waals surface area contributed by atoms with Gasteiger partial charge in [0.2, 0.25) is 11.7 Å². The molecule has 1 aliphatic carbocycles. The minimum atomic E-state index is -0.276. The molecular weight excluding hydrogens is 235 g/mol. The monoisotopic (exact) mass is 248 g/mol. The van der Waals surface area contributed by atoms with Crippen molar-refractivity contribution in [2.75, 3.05) is 0 Å². The van der Waals surface area contributed by atoms with Gasteiger partial charge in [0.1, 0.15) is 5.82 Å². The number of aliphatic hydroxyl groups excluding tert-OH is 1. The van der Waals surface area contributed by atoms with Gasteiger partial charge < -0.3 is 9.63 Å². The summed E-state index contributed by atoms with van der Waals surface area (Å²) in [6.45, 7) is 1.81. The van der Waals surface area contributed by atoms with Crippen molar-refractivity contribution in [3.05, 3.63) is 35.5 Å². The lowest BCUT2D eigenvalue weighted by Gasteiger charge is -2.27. The number of aromatic nitrogens is 2. The van der Waals surface area contributed by atoms with Crippen molar-refractivity contribution in [3.8, 4) is 11.4 Å². The fourth-order valence-electron chi connectivity index (χ4n) is 2.18. The van der Waals surface area contributed by atoms with E-state index in [0.717, 1.165) is 11.1 Å². The second-order valence-corrected chi connectivity index (χ2v) is 4.74. The number of halogens is 1. The van der Waals surface area contributed by atoms with E-state index in [0.29, 0.717) is 24.6 Å². The topological polar surface area (TPSA) is 59.2 Å². The summed E-state index contributed by atoms with van der Waals surface area (Å²) in [6, 6.07) is 4.47. The van der Waals surface area contributed by atoms with Crippen LogP contribution in [0.15, 0.2) is 22.7 Å². The number of nitrogens with zero attached hydrogens (tertiary/aromatic N) is 2. The average molecular weight is 248 g/mol. The fourth-order valence-corrected chi connectivity index (χ4v) is 2.18. The van der Waals surface area contributed by atoms with E-state index in [1.165, 1.54) is 12.1 Å². The number of benzene rings is 1. The first-order chi connectivity index (χ1) is 8.63. The van der Waals surface area contributed by atoms with Gasteiger partial charge in [-0.05, 0) is 43.5 Å². The Morgan fingerprint density at radius 3 is 2.83 bits per heavy atom. The lowest BCUT2D eigenvalue weighted by atomic mass is 9.82. The lowest BCUT2D eigenvalue weighted by Crippen LogP contribution is -2.26. The molecule has 1 aromatic carbocycles. The van der Waals surface area contributed by atoms with Crippen molar-refractivity contribution in [3.63, 3.8) is 0 Å². The van der Waals surface area contributed by atoms with Gasteiger partial charge in [-0.15, -0.1) is 0 Å². The third-order valence-electron chi connectivity index (χ3n) is 3.33. The molecule has 5 heteroatoms. The van der Waals surface area contributed by atoms with Gasteiger partial charge in [0.25, 0.3) is 0 Å². The molecule has 2 aromatic rings. The lowest BCUT2D eigenvalue weighted by molar-refractivity contribution is 0.0625. The molecule has 1 fully saturated rings. The molecule has 0 radical (unpaired) electrons. The number of aliphatic hydroxyl groups is 1. The van der Waals surface area contributed by atoms with Crippen molar-refractivity contribution >= 4 is 0 Å². The molecule has 1 aromatic heterocycles.